The lowest BCUT2D eigenvalue weighted by molar-refractivity contribution is 0.0621. The Morgan fingerprint density at radius 3 is 3.11 bits per heavy atom. The van der Waals surface area contributed by atoms with Crippen molar-refractivity contribution in [3.8, 4) is 0 Å². The number of anilines is 1. The van der Waals surface area contributed by atoms with E-state index in [0.29, 0.717) is 17.8 Å². The van der Waals surface area contributed by atoms with Crippen LogP contribution in [0.4, 0.5) is 5.69 Å². The van der Waals surface area contributed by atoms with Crippen LogP contribution in [0.5, 0.6) is 0 Å². The number of nitrogens with zero attached hydrogens (tertiary/aromatic N) is 2. The highest BCUT2D eigenvalue weighted by molar-refractivity contribution is 5.98. The van der Waals surface area contributed by atoms with Gasteiger partial charge in [-0.15, -0.1) is 0 Å². The molecule has 98 valence electrons. The monoisotopic (exact) mass is 249 g/mol. The summed E-state index contributed by atoms with van der Waals surface area (Å²) in [5, 5.41) is 9.18. The van der Waals surface area contributed by atoms with Gasteiger partial charge in [-0.3, -0.25) is 9.78 Å². The van der Waals surface area contributed by atoms with Crippen molar-refractivity contribution in [2.75, 3.05) is 25.4 Å². The lowest BCUT2D eigenvalue weighted by Gasteiger charge is -2.32. The number of hydrogen-bond donors (Lipinski definition) is 2. The van der Waals surface area contributed by atoms with Crippen molar-refractivity contribution < 1.29 is 9.90 Å². The van der Waals surface area contributed by atoms with E-state index in [1.165, 1.54) is 6.20 Å². The van der Waals surface area contributed by atoms with Crippen molar-refractivity contribution in [2.24, 2.45) is 5.92 Å². The van der Waals surface area contributed by atoms with E-state index >= 15 is 0 Å². The molecule has 0 saturated carbocycles. The molecule has 1 aliphatic rings. The standard InChI is InChI=1S/C13H19N3O2/c1-9-5-12(14)11(6-15-9)13(18)16-4-2-3-10(7-16)8-17/h5-6,10,17H,2-4,7-8H2,1H3,(H2,14,15). The van der Waals surface area contributed by atoms with Gasteiger partial charge in [-0.2, -0.15) is 0 Å². The molecule has 1 aromatic rings. The number of amides is 1. The zero-order chi connectivity index (χ0) is 13.1. The summed E-state index contributed by atoms with van der Waals surface area (Å²) in [6.07, 6.45) is 3.44. The number of carbonyl (C=O) groups excluding carboxylic acids is 1. The summed E-state index contributed by atoms with van der Waals surface area (Å²) in [4.78, 5) is 18.2. The van der Waals surface area contributed by atoms with Crippen LogP contribution in [0.25, 0.3) is 0 Å². The molecule has 1 fully saturated rings. The average molecular weight is 249 g/mol. The number of aryl methyl sites for hydroxylation is 1. The molecule has 1 saturated heterocycles. The van der Waals surface area contributed by atoms with Crippen LogP contribution in [0.3, 0.4) is 0 Å². The third-order valence-electron chi connectivity index (χ3n) is 3.37. The van der Waals surface area contributed by atoms with Crippen molar-refractivity contribution >= 4 is 11.6 Å². The van der Waals surface area contributed by atoms with Crippen molar-refractivity contribution in [3.63, 3.8) is 0 Å². The molecule has 1 atom stereocenters. The van der Waals surface area contributed by atoms with Gasteiger partial charge in [0.25, 0.3) is 5.91 Å². The van der Waals surface area contributed by atoms with Gasteiger partial charge in [-0.25, -0.2) is 0 Å². The SMILES string of the molecule is Cc1cc(N)c(C(=O)N2CCCC(CO)C2)cn1. The molecule has 0 bridgehead atoms. The zero-order valence-electron chi connectivity index (χ0n) is 10.6. The fourth-order valence-electron chi connectivity index (χ4n) is 2.33. The highest BCUT2D eigenvalue weighted by atomic mass is 16.3. The van der Waals surface area contributed by atoms with Crippen molar-refractivity contribution in [2.45, 2.75) is 19.8 Å². The molecule has 2 heterocycles. The van der Waals surface area contributed by atoms with Crippen LogP contribution in [-0.2, 0) is 0 Å². The van der Waals surface area contributed by atoms with E-state index in [2.05, 4.69) is 4.98 Å². The zero-order valence-corrected chi connectivity index (χ0v) is 10.6. The van der Waals surface area contributed by atoms with Gasteiger partial charge in [-0.05, 0) is 31.7 Å². The fraction of sp³-hybridized carbons (Fsp3) is 0.538. The van der Waals surface area contributed by atoms with Gasteiger partial charge in [0.2, 0.25) is 0 Å². The topological polar surface area (TPSA) is 79.5 Å². The van der Waals surface area contributed by atoms with Gasteiger partial charge in [0.1, 0.15) is 0 Å². The van der Waals surface area contributed by atoms with Crippen LogP contribution in [0.2, 0.25) is 0 Å². The molecule has 3 N–H and O–H groups in total. The molecule has 0 aromatic carbocycles. The van der Waals surface area contributed by atoms with Crippen LogP contribution in [0.15, 0.2) is 12.3 Å². The lowest BCUT2D eigenvalue weighted by Crippen LogP contribution is -2.41. The molecule has 1 amide bonds. The average Bonchev–Trinajstić information content (AvgIpc) is 2.38. The Morgan fingerprint density at radius 2 is 2.44 bits per heavy atom. The third-order valence-corrected chi connectivity index (χ3v) is 3.37. The number of nitrogen functional groups attached to an aromatic ring is 1. The van der Waals surface area contributed by atoms with Gasteiger partial charge in [0.15, 0.2) is 0 Å². The number of aromatic nitrogens is 1. The normalized spacial score (nSPS) is 19.9. The molecule has 2 rings (SSSR count). The number of pyridine rings is 1. The Bertz CT molecular complexity index is 448. The first-order valence-electron chi connectivity index (χ1n) is 6.24. The molecule has 1 aromatic heterocycles. The Balaban J connectivity index is 2.15. The van der Waals surface area contributed by atoms with E-state index in [1.54, 1.807) is 11.0 Å². The molecule has 18 heavy (non-hydrogen) atoms. The first-order valence-corrected chi connectivity index (χ1v) is 6.24. The third kappa shape index (κ3) is 2.61. The Kier molecular flexibility index (Phi) is 3.81. The highest BCUT2D eigenvalue weighted by Crippen LogP contribution is 2.20. The number of hydrogen-bond acceptors (Lipinski definition) is 4. The van der Waals surface area contributed by atoms with Crippen LogP contribution in [0.1, 0.15) is 28.9 Å². The predicted octanol–water partition coefficient (Wildman–Crippen LogP) is 0.817. The first-order chi connectivity index (χ1) is 8.61. The lowest BCUT2D eigenvalue weighted by atomic mass is 9.98. The maximum atomic E-state index is 12.3. The molecule has 1 unspecified atom stereocenters. The maximum absolute atomic E-state index is 12.3. The second-order valence-electron chi connectivity index (χ2n) is 4.85. The van der Waals surface area contributed by atoms with Gasteiger partial charge >= 0.3 is 0 Å². The molecule has 1 aliphatic heterocycles. The maximum Gasteiger partial charge on any atom is 0.257 e. The molecule has 5 heteroatoms. The Morgan fingerprint density at radius 1 is 1.67 bits per heavy atom. The van der Waals surface area contributed by atoms with Gasteiger partial charge in [0.05, 0.1) is 5.56 Å². The minimum Gasteiger partial charge on any atom is -0.398 e. The number of piperidine rings is 1. The molecule has 0 spiro atoms. The van der Waals surface area contributed by atoms with Crippen LogP contribution in [0, 0.1) is 12.8 Å². The summed E-state index contributed by atoms with van der Waals surface area (Å²) in [6, 6.07) is 1.71. The van der Waals surface area contributed by atoms with Crippen LogP contribution >= 0.6 is 0 Å². The van der Waals surface area contributed by atoms with Crippen LogP contribution in [-0.4, -0.2) is 40.6 Å². The fourth-order valence-corrected chi connectivity index (χ4v) is 2.33. The van der Waals surface area contributed by atoms with E-state index < -0.39 is 0 Å². The number of carbonyl (C=O) groups is 1. The summed E-state index contributed by atoms with van der Waals surface area (Å²) in [5.74, 6) is 0.0977. The smallest absolute Gasteiger partial charge is 0.257 e. The second kappa shape index (κ2) is 5.35. The van der Waals surface area contributed by atoms with Crippen molar-refractivity contribution in [1.29, 1.82) is 0 Å². The summed E-state index contributed by atoms with van der Waals surface area (Å²) in [5.41, 5.74) is 7.59. The summed E-state index contributed by atoms with van der Waals surface area (Å²) >= 11 is 0. The Labute approximate surface area is 107 Å². The molecular formula is C13H19N3O2. The second-order valence-corrected chi connectivity index (χ2v) is 4.85. The number of likely N-dealkylation sites (tertiary alicyclic amines) is 1. The molecular weight excluding hydrogens is 230 g/mol. The summed E-state index contributed by atoms with van der Waals surface area (Å²) < 4.78 is 0. The van der Waals surface area contributed by atoms with Gasteiger partial charge < -0.3 is 15.7 Å². The van der Waals surface area contributed by atoms with E-state index in [4.69, 9.17) is 5.73 Å². The van der Waals surface area contributed by atoms with Gasteiger partial charge in [0, 0.05) is 37.3 Å². The van der Waals surface area contributed by atoms with Gasteiger partial charge in [-0.1, -0.05) is 0 Å². The quantitative estimate of drug-likeness (QED) is 0.813. The number of aliphatic hydroxyl groups is 1. The summed E-state index contributed by atoms with van der Waals surface area (Å²) in [7, 11) is 0. The van der Waals surface area contributed by atoms with E-state index in [-0.39, 0.29) is 18.4 Å². The predicted molar refractivity (Wildman–Crippen MR) is 69.1 cm³/mol. The Hall–Kier alpha value is -1.62. The minimum atomic E-state index is -0.0850. The first kappa shape index (κ1) is 12.8. The van der Waals surface area contributed by atoms with E-state index in [1.807, 2.05) is 6.92 Å². The van der Waals surface area contributed by atoms with Crippen molar-refractivity contribution in [1.82, 2.24) is 9.88 Å². The van der Waals surface area contributed by atoms with E-state index in [9.17, 15) is 9.90 Å². The highest BCUT2D eigenvalue weighted by Gasteiger charge is 2.25. The summed E-state index contributed by atoms with van der Waals surface area (Å²) in [6.45, 7) is 3.30. The van der Waals surface area contributed by atoms with Crippen molar-refractivity contribution in [3.05, 3.63) is 23.5 Å². The number of aliphatic hydroxyl groups excluding tert-OH is 1. The number of rotatable bonds is 2. The number of nitrogens with two attached hydrogens (primary N) is 1. The molecule has 0 radical (unpaired) electrons. The minimum absolute atomic E-state index is 0.0850. The van der Waals surface area contributed by atoms with E-state index in [0.717, 1.165) is 25.1 Å². The molecule has 0 aliphatic carbocycles. The molecule has 5 nitrogen and oxygen atoms in total. The largest absolute Gasteiger partial charge is 0.398 e. The van der Waals surface area contributed by atoms with Crippen LogP contribution < -0.4 is 5.73 Å².